The van der Waals surface area contributed by atoms with Gasteiger partial charge in [0.1, 0.15) is 5.75 Å². The van der Waals surface area contributed by atoms with Gasteiger partial charge in [-0.25, -0.2) is 0 Å². The van der Waals surface area contributed by atoms with Gasteiger partial charge in [0.2, 0.25) is 0 Å². The normalized spacial score (nSPS) is 10.8. The van der Waals surface area contributed by atoms with Crippen LogP contribution in [0.2, 0.25) is 5.02 Å². The number of methoxy groups -OCH3 is 2. The summed E-state index contributed by atoms with van der Waals surface area (Å²) < 4.78 is 16.5. The molecule has 0 unspecified atom stereocenters. The number of halogens is 1. The highest BCUT2D eigenvalue weighted by molar-refractivity contribution is 6.30. The number of benzene rings is 2. The van der Waals surface area contributed by atoms with Gasteiger partial charge in [-0.15, -0.1) is 0 Å². The smallest absolute Gasteiger partial charge is 0.166 e. The molecule has 5 heteroatoms. The minimum Gasteiger partial charge on any atom is -0.497 e. The summed E-state index contributed by atoms with van der Waals surface area (Å²) in [5, 5.41) is 4.04. The van der Waals surface area contributed by atoms with Crippen LogP contribution in [0.4, 0.5) is 0 Å². The van der Waals surface area contributed by atoms with E-state index in [4.69, 9.17) is 25.8 Å². The molecule has 0 saturated heterocycles. The van der Waals surface area contributed by atoms with E-state index >= 15 is 0 Å². The molecule has 2 aromatic carbocycles. The molecule has 0 fully saturated rings. The van der Waals surface area contributed by atoms with Gasteiger partial charge in [0, 0.05) is 29.7 Å². The average Bonchev–Trinajstić information content (AvgIpc) is 2.57. The van der Waals surface area contributed by atoms with E-state index in [0.29, 0.717) is 17.3 Å². The fraction of sp³-hybridized carbons (Fsp3) is 0.368. The van der Waals surface area contributed by atoms with E-state index in [0.717, 1.165) is 23.6 Å². The van der Waals surface area contributed by atoms with Gasteiger partial charge in [0.25, 0.3) is 0 Å². The highest BCUT2D eigenvalue weighted by Gasteiger charge is 2.14. The van der Waals surface area contributed by atoms with Gasteiger partial charge in [0.15, 0.2) is 11.5 Å². The van der Waals surface area contributed by atoms with Crippen LogP contribution in [0.25, 0.3) is 0 Å². The van der Waals surface area contributed by atoms with Gasteiger partial charge in [-0.3, -0.25) is 0 Å². The molecule has 2 rings (SSSR count). The third-order valence-electron chi connectivity index (χ3n) is 3.47. The zero-order valence-corrected chi connectivity index (χ0v) is 15.3. The second-order valence-electron chi connectivity index (χ2n) is 5.71. The third kappa shape index (κ3) is 5.05. The van der Waals surface area contributed by atoms with Crippen molar-refractivity contribution in [3.05, 3.63) is 52.5 Å². The summed E-state index contributed by atoms with van der Waals surface area (Å²) in [5.74, 6) is 2.24. The van der Waals surface area contributed by atoms with E-state index < -0.39 is 0 Å². The lowest BCUT2D eigenvalue weighted by Gasteiger charge is -2.18. The van der Waals surface area contributed by atoms with Crippen LogP contribution >= 0.6 is 11.6 Å². The summed E-state index contributed by atoms with van der Waals surface area (Å²) in [5.41, 5.74) is 2.15. The predicted octanol–water partition coefficient (Wildman–Crippen LogP) is 4.43. The Morgan fingerprint density at radius 2 is 1.71 bits per heavy atom. The van der Waals surface area contributed by atoms with Crippen molar-refractivity contribution in [1.82, 2.24) is 5.32 Å². The fourth-order valence-corrected chi connectivity index (χ4v) is 2.59. The van der Waals surface area contributed by atoms with Crippen LogP contribution in [-0.2, 0) is 13.1 Å². The van der Waals surface area contributed by atoms with Gasteiger partial charge < -0.3 is 19.5 Å². The first kappa shape index (κ1) is 18.4. The Morgan fingerprint density at radius 1 is 1.00 bits per heavy atom. The Morgan fingerprint density at radius 3 is 2.29 bits per heavy atom. The van der Waals surface area contributed by atoms with Gasteiger partial charge in [0.05, 0.1) is 20.3 Å². The second kappa shape index (κ2) is 8.81. The summed E-state index contributed by atoms with van der Waals surface area (Å²) in [4.78, 5) is 0. The monoisotopic (exact) mass is 349 g/mol. The first-order valence-corrected chi connectivity index (χ1v) is 8.28. The number of rotatable bonds is 8. The molecule has 0 bridgehead atoms. The third-order valence-corrected chi connectivity index (χ3v) is 3.69. The average molecular weight is 350 g/mol. The minimum absolute atomic E-state index is 0.0559. The molecule has 0 radical (unpaired) electrons. The highest BCUT2D eigenvalue weighted by Crippen LogP contribution is 2.35. The zero-order chi connectivity index (χ0) is 17.5. The molecule has 0 saturated carbocycles. The van der Waals surface area contributed by atoms with Crippen LogP contribution < -0.4 is 19.5 Å². The zero-order valence-electron chi connectivity index (χ0n) is 14.6. The molecule has 130 valence electrons. The summed E-state index contributed by atoms with van der Waals surface area (Å²) in [6, 6.07) is 11.7. The van der Waals surface area contributed by atoms with Crippen molar-refractivity contribution < 1.29 is 14.2 Å². The van der Waals surface area contributed by atoms with Crippen LogP contribution in [0.3, 0.4) is 0 Å². The van der Waals surface area contributed by atoms with Gasteiger partial charge >= 0.3 is 0 Å². The quantitative estimate of drug-likeness (QED) is 0.765. The highest BCUT2D eigenvalue weighted by atomic mass is 35.5. The van der Waals surface area contributed by atoms with Crippen molar-refractivity contribution in [3.8, 4) is 17.2 Å². The topological polar surface area (TPSA) is 39.7 Å². The van der Waals surface area contributed by atoms with Crippen molar-refractivity contribution >= 4 is 11.6 Å². The Bertz CT molecular complexity index is 656. The molecule has 24 heavy (non-hydrogen) atoms. The lowest BCUT2D eigenvalue weighted by atomic mass is 10.1. The lowest BCUT2D eigenvalue weighted by Crippen LogP contribution is -2.15. The Balaban J connectivity index is 2.08. The number of ether oxygens (including phenoxy) is 3. The van der Waals surface area contributed by atoms with Gasteiger partial charge in [-0.05, 0) is 37.6 Å². The van der Waals surface area contributed by atoms with Crippen molar-refractivity contribution in [2.24, 2.45) is 0 Å². The maximum atomic E-state index is 6.19. The molecule has 4 nitrogen and oxygen atoms in total. The molecule has 0 spiro atoms. The van der Waals surface area contributed by atoms with E-state index in [9.17, 15) is 0 Å². The molecule has 0 aliphatic rings. The number of hydrogen-bond donors (Lipinski definition) is 1. The van der Waals surface area contributed by atoms with Crippen molar-refractivity contribution in [2.45, 2.75) is 33.0 Å². The van der Waals surface area contributed by atoms with Crippen molar-refractivity contribution in [3.63, 3.8) is 0 Å². The van der Waals surface area contributed by atoms with Crippen molar-refractivity contribution in [1.29, 1.82) is 0 Å². The first-order chi connectivity index (χ1) is 11.5. The fourth-order valence-electron chi connectivity index (χ4n) is 2.36. The summed E-state index contributed by atoms with van der Waals surface area (Å²) in [7, 11) is 3.28. The molecule has 1 N–H and O–H groups in total. The summed E-state index contributed by atoms with van der Waals surface area (Å²) in [6.45, 7) is 5.34. The summed E-state index contributed by atoms with van der Waals surface area (Å²) >= 11 is 6.19. The molecule has 0 atom stereocenters. The predicted molar refractivity (Wildman–Crippen MR) is 97.3 cm³/mol. The van der Waals surface area contributed by atoms with Crippen LogP contribution in [0.1, 0.15) is 25.0 Å². The Hall–Kier alpha value is -1.91. The Kier molecular flexibility index (Phi) is 6.76. The van der Waals surface area contributed by atoms with E-state index in [-0.39, 0.29) is 6.10 Å². The lowest BCUT2D eigenvalue weighted by molar-refractivity contribution is 0.227. The standard InChI is InChI=1S/C19H24ClNO3/c1-13(2)24-19-15(9-16(20)10-18(19)23-4)12-21-11-14-5-7-17(22-3)8-6-14/h5-10,13,21H,11-12H2,1-4H3. The van der Waals surface area contributed by atoms with Crippen molar-refractivity contribution in [2.75, 3.05) is 14.2 Å². The molecule has 0 aliphatic heterocycles. The molecular weight excluding hydrogens is 326 g/mol. The SMILES string of the molecule is COc1ccc(CNCc2cc(Cl)cc(OC)c2OC(C)C)cc1. The van der Waals surface area contributed by atoms with E-state index in [2.05, 4.69) is 5.32 Å². The van der Waals surface area contributed by atoms with Crippen LogP contribution in [0.5, 0.6) is 17.2 Å². The number of nitrogens with one attached hydrogen (secondary N) is 1. The molecule has 0 aliphatic carbocycles. The first-order valence-electron chi connectivity index (χ1n) is 7.90. The van der Waals surface area contributed by atoms with Gasteiger partial charge in [-0.2, -0.15) is 0 Å². The maximum Gasteiger partial charge on any atom is 0.166 e. The van der Waals surface area contributed by atoms with E-state index in [1.807, 2.05) is 44.2 Å². The van der Waals surface area contributed by atoms with E-state index in [1.165, 1.54) is 5.56 Å². The van der Waals surface area contributed by atoms with Crippen LogP contribution in [0, 0.1) is 0 Å². The molecule has 0 amide bonds. The summed E-state index contributed by atoms with van der Waals surface area (Å²) in [6.07, 6.45) is 0.0559. The van der Waals surface area contributed by atoms with E-state index in [1.54, 1.807) is 20.3 Å². The molecule has 0 aromatic heterocycles. The van der Waals surface area contributed by atoms with Crippen LogP contribution in [-0.4, -0.2) is 20.3 Å². The molecular formula is C19H24ClNO3. The molecule has 2 aromatic rings. The van der Waals surface area contributed by atoms with Gasteiger partial charge in [-0.1, -0.05) is 23.7 Å². The number of hydrogen-bond acceptors (Lipinski definition) is 4. The second-order valence-corrected chi connectivity index (χ2v) is 6.15. The minimum atomic E-state index is 0.0559. The Labute approximate surface area is 148 Å². The maximum absolute atomic E-state index is 6.19. The van der Waals surface area contributed by atoms with Crippen LogP contribution in [0.15, 0.2) is 36.4 Å². The largest absolute Gasteiger partial charge is 0.497 e. The molecule has 0 heterocycles.